The molecule has 2 aromatic carbocycles. The number of hydrogen-bond donors (Lipinski definition) is 0. The van der Waals surface area contributed by atoms with Gasteiger partial charge in [-0.25, -0.2) is 0 Å². The molecule has 1 heterocycles. The van der Waals surface area contributed by atoms with Gasteiger partial charge in [0.1, 0.15) is 0 Å². The van der Waals surface area contributed by atoms with E-state index in [1.54, 1.807) is 25.3 Å². The summed E-state index contributed by atoms with van der Waals surface area (Å²) in [6.45, 7) is 2.44. The topological polar surface area (TPSA) is 34.5 Å². The minimum atomic E-state index is -0.0767. The minimum Gasteiger partial charge on any atom is -0.385 e. The van der Waals surface area contributed by atoms with Crippen LogP contribution in [-0.4, -0.2) is 35.6 Å². The van der Waals surface area contributed by atoms with E-state index in [0.29, 0.717) is 35.3 Å². The van der Waals surface area contributed by atoms with Gasteiger partial charge in [0, 0.05) is 44.3 Å². The molecule has 0 fully saturated rings. The first-order chi connectivity index (χ1) is 14.1. The van der Waals surface area contributed by atoms with Crippen molar-refractivity contribution >= 4 is 29.1 Å². The number of aromatic nitrogens is 1. The van der Waals surface area contributed by atoms with Gasteiger partial charge in [-0.15, -0.1) is 0 Å². The van der Waals surface area contributed by atoms with E-state index >= 15 is 0 Å². The van der Waals surface area contributed by atoms with E-state index in [0.717, 1.165) is 18.7 Å². The van der Waals surface area contributed by atoms with Gasteiger partial charge >= 0.3 is 0 Å². The fourth-order valence-corrected chi connectivity index (χ4v) is 3.48. The van der Waals surface area contributed by atoms with Crippen molar-refractivity contribution in [2.24, 2.45) is 0 Å². The minimum absolute atomic E-state index is 0.0767. The molecule has 0 aliphatic heterocycles. The van der Waals surface area contributed by atoms with E-state index in [1.165, 1.54) is 5.56 Å². The Labute approximate surface area is 181 Å². The van der Waals surface area contributed by atoms with Gasteiger partial charge in [0.2, 0.25) is 0 Å². The maximum Gasteiger partial charge on any atom is 0.254 e. The first-order valence-electron chi connectivity index (χ1n) is 9.49. The third-order valence-electron chi connectivity index (χ3n) is 4.70. The number of carbonyl (C=O) groups excluding carboxylic acids is 1. The lowest BCUT2D eigenvalue weighted by Crippen LogP contribution is -2.33. The van der Waals surface area contributed by atoms with Gasteiger partial charge in [0.05, 0.1) is 16.6 Å². The predicted octanol–water partition coefficient (Wildman–Crippen LogP) is 5.52. The SMILES string of the molecule is COCCCN(Cc1cccn1Cc1ccccc1)C(=O)c1ccc(Cl)c(Cl)c1. The molecule has 0 radical (unpaired) electrons. The number of carbonyl (C=O) groups is 1. The summed E-state index contributed by atoms with van der Waals surface area (Å²) in [5.41, 5.74) is 2.81. The van der Waals surface area contributed by atoms with Crippen molar-refractivity contribution in [3.63, 3.8) is 0 Å². The number of halogens is 2. The molecule has 0 unspecified atom stereocenters. The van der Waals surface area contributed by atoms with E-state index in [4.69, 9.17) is 27.9 Å². The van der Waals surface area contributed by atoms with Gasteiger partial charge in [-0.05, 0) is 42.3 Å². The second-order valence-electron chi connectivity index (χ2n) is 6.81. The first kappa shape index (κ1) is 21.4. The van der Waals surface area contributed by atoms with E-state index in [9.17, 15) is 4.79 Å². The van der Waals surface area contributed by atoms with Crippen molar-refractivity contribution in [1.82, 2.24) is 9.47 Å². The monoisotopic (exact) mass is 430 g/mol. The van der Waals surface area contributed by atoms with Crippen LogP contribution in [0.1, 0.15) is 28.0 Å². The molecule has 0 aliphatic carbocycles. The first-order valence-corrected chi connectivity index (χ1v) is 10.3. The average Bonchev–Trinajstić information content (AvgIpc) is 3.16. The predicted molar refractivity (Wildman–Crippen MR) is 118 cm³/mol. The van der Waals surface area contributed by atoms with Gasteiger partial charge in [-0.3, -0.25) is 4.79 Å². The zero-order valence-corrected chi connectivity index (χ0v) is 17.9. The van der Waals surface area contributed by atoms with Crippen LogP contribution < -0.4 is 0 Å². The summed E-state index contributed by atoms with van der Waals surface area (Å²) < 4.78 is 7.34. The molecule has 1 aromatic heterocycles. The van der Waals surface area contributed by atoms with Crippen molar-refractivity contribution in [3.05, 3.63) is 93.7 Å². The zero-order valence-electron chi connectivity index (χ0n) is 16.4. The van der Waals surface area contributed by atoms with Crippen LogP contribution in [-0.2, 0) is 17.8 Å². The maximum atomic E-state index is 13.2. The van der Waals surface area contributed by atoms with Crippen LogP contribution in [0.4, 0.5) is 0 Å². The lowest BCUT2D eigenvalue weighted by Gasteiger charge is -2.24. The molecule has 0 aliphatic rings. The van der Waals surface area contributed by atoms with Crippen LogP contribution in [0.5, 0.6) is 0 Å². The van der Waals surface area contributed by atoms with Gasteiger partial charge < -0.3 is 14.2 Å². The molecule has 6 heteroatoms. The zero-order chi connectivity index (χ0) is 20.6. The molecule has 152 valence electrons. The third-order valence-corrected chi connectivity index (χ3v) is 5.44. The third kappa shape index (κ3) is 5.86. The average molecular weight is 431 g/mol. The van der Waals surface area contributed by atoms with Crippen molar-refractivity contribution in [1.29, 1.82) is 0 Å². The van der Waals surface area contributed by atoms with Crippen LogP contribution in [0.15, 0.2) is 66.9 Å². The molecule has 3 aromatic rings. The standard InChI is InChI=1S/C23H24Cl2N2O2/c1-29-14-6-13-27(23(28)19-10-11-21(24)22(25)15-19)17-20-9-5-12-26(20)16-18-7-3-2-4-8-18/h2-5,7-12,15H,6,13-14,16-17H2,1H3. The Morgan fingerprint density at radius 1 is 1.03 bits per heavy atom. The highest BCUT2D eigenvalue weighted by Gasteiger charge is 2.18. The molecule has 4 nitrogen and oxygen atoms in total. The van der Waals surface area contributed by atoms with Crippen molar-refractivity contribution in [3.8, 4) is 0 Å². The molecule has 0 spiro atoms. The van der Waals surface area contributed by atoms with Gasteiger partial charge in [-0.2, -0.15) is 0 Å². The van der Waals surface area contributed by atoms with E-state index in [-0.39, 0.29) is 5.91 Å². The molecule has 0 saturated heterocycles. The van der Waals surface area contributed by atoms with E-state index in [2.05, 4.69) is 16.7 Å². The van der Waals surface area contributed by atoms with Crippen LogP contribution in [0.2, 0.25) is 10.0 Å². The number of rotatable bonds is 9. The summed E-state index contributed by atoms with van der Waals surface area (Å²) in [6, 6.07) is 19.3. The summed E-state index contributed by atoms with van der Waals surface area (Å²) >= 11 is 12.1. The second kappa shape index (κ2) is 10.5. The highest BCUT2D eigenvalue weighted by Crippen LogP contribution is 2.24. The molecule has 29 heavy (non-hydrogen) atoms. The summed E-state index contributed by atoms with van der Waals surface area (Å²) in [5.74, 6) is -0.0767. The molecule has 0 N–H and O–H groups in total. The Balaban J connectivity index is 1.79. The summed E-state index contributed by atoms with van der Waals surface area (Å²) in [4.78, 5) is 15.0. The highest BCUT2D eigenvalue weighted by molar-refractivity contribution is 6.42. The van der Waals surface area contributed by atoms with Gasteiger partial charge in [0.15, 0.2) is 0 Å². The molecular formula is C23H24Cl2N2O2. The fraction of sp³-hybridized carbons (Fsp3) is 0.261. The van der Waals surface area contributed by atoms with E-state index < -0.39 is 0 Å². The number of methoxy groups -OCH3 is 1. The van der Waals surface area contributed by atoms with E-state index in [1.807, 2.05) is 41.4 Å². The maximum absolute atomic E-state index is 13.2. The van der Waals surface area contributed by atoms with Crippen LogP contribution in [0.3, 0.4) is 0 Å². The number of nitrogens with zero attached hydrogens (tertiary/aromatic N) is 2. The Morgan fingerprint density at radius 2 is 1.83 bits per heavy atom. The highest BCUT2D eigenvalue weighted by atomic mass is 35.5. The van der Waals surface area contributed by atoms with Crippen molar-refractivity contribution in [2.45, 2.75) is 19.5 Å². The summed E-state index contributed by atoms with van der Waals surface area (Å²) in [5, 5.41) is 0.813. The van der Waals surface area contributed by atoms with Gasteiger partial charge in [-0.1, -0.05) is 53.5 Å². The molecule has 3 rings (SSSR count). The number of hydrogen-bond acceptors (Lipinski definition) is 2. The lowest BCUT2D eigenvalue weighted by atomic mass is 10.2. The molecule has 1 amide bonds. The van der Waals surface area contributed by atoms with Crippen molar-refractivity contribution < 1.29 is 9.53 Å². The molecule has 0 atom stereocenters. The van der Waals surface area contributed by atoms with Crippen molar-refractivity contribution in [2.75, 3.05) is 20.3 Å². The Kier molecular flexibility index (Phi) is 7.76. The fourth-order valence-electron chi connectivity index (χ4n) is 3.19. The molecule has 0 saturated carbocycles. The second-order valence-corrected chi connectivity index (χ2v) is 7.63. The Hall–Kier alpha value is -2.27. The smallest absolute Gasteiger partial charge is 0.254 e. The quantitative estimate of drug-likeness (QED) is 0.418. The van der Waals surface area contributed by atoms with Gasteiger partial charge in [0.25, 0.3) is 5.91 Å². The number of amides is 1. The number of ether oxygens (including phenoxy) is 1. The Bertz CT molecular complexity index is 941. The largest absolute Gasteiger partial charge is 0.385 e. The summed E-state index contributed by atoms with van der Waals surface area (Å²) in [7, 11) is 1.66. The number of benzene rings is 2. The van der Waals surface area contributed by atoms with Crippen LogP contribution in [0, 0.1) is 0 Å². The van der Waals surface area contributed by atoms with Crippen LogP contribution in [0.25, 0.3) is 0 Å². The lowest BCUT2D eigenvalue weighted by molar-refractivity contribution is 0.0720. The molecule has 0 bridgehead atoms. The molecular weight excluding hydrogens is 407 g/mol. The summed E-state index contributed by atoms with van der Waals surface area (Å²) in [6.07, 6.45) is 2.79. The normalized spacial score (nSPS) is 10.9. The van der Waals surface area contributed by atoms with Crippen LogP contribution >= 0.6 is 23.2 Å². The Morgan fingerprint density at radius 3 is 2.55 bits per heavy atom.